The Balaban J connectivity index is 2.32. The lowest BCUT2D eigenvalue weighted by Crippen LogP contribution is -2.53. The highest BCUT2D eigenvalue weighted by Gasteiger charge is 2.36. The van der Waals surface area contributed by atoms with Gasteiger partial charge in [0, 0.05) is 6.04 Å². The summed E-state index contributed by atoms with van der Waals surface area (Å²) in [5.41, 5.74) is 7.44. The summed E-state index contributed by atoms with van der Waals surface area (Å²) in [6, 6.07) is 6.35. The Morgan fingerprint density at radius 1 is 1.19 bits per heavy atom. The summed E-state index contributed by atoms with van der Waals surface area (Å²) in [5.74, 6) is 1.48. The zero-order valence-corrected chi connectivity index (χ0v) is 13.7. The van der Waals surface area contributed by atoms with Gasteiger partial charge in [0.25, 0.3) is 0 Å². The van der Waals surface area contributed by atoms with E-state index >= 15 is 0 Å². The van der Waals surface area contributed by atoms with Crippen LogP contribution in [0.3, 0.4) is 0 Å². The summed E-state index contributed by atoms with van der Waals surface area (Å²) < 4.78 is 10.7. The van der Waals surface area contributed by atoms with Crippen molar-refractivity contribution in [3.8, 4) is 11.5 Å². The van der Waals surface area contributed by atoms with E-state index in [0.29, 0.717) is 6.04 Å². The molecule has 21 heavy (non-hydrogen) atoms. The largest absolute Gasteiger partial charge is 0.493 e. The summed E-state index contributed by atoms with van der Waals surface area (Å²) in [4.78, 5) is 2.52. The zero-order valence-electron chi connectivity index (χ0n) is 13.7. The number of nitrogens with zero attached hydrogens (tertiary/aromatic N) is 1. The molecule has 2 unspecified atom stereocenters. The van der Waals surface area contributed by atoms with Crippen LogP contribution in [0.15, 0.2) is 18.2 Å². The summed E-state index contributed by atoms with van der Waals surface area (Å²) in [6.07, 6.45) is 3.60. The van der Waals surface area contributed by atoms with Crippen molar-refractivity contribution in [2.75, 3.05) is 27.3 Å². The molecule has 1 aliphatic rings. The Morgan fingerprint density at radius 2 is 1.81 bits per heavy atom. The van der Waals surface area contributed by atoms with Gasteiger partial charge in [-0.25, -0.2) is 0 Å². The SMILES string of the molecule is CCC(N1CCCC1)C(C)(N)c1ccc(OC)c(OC)c1. The lowest BCUT2D eigenvalue weighted by atomic mass is 9.83. The van der Waals surface area contributed by atoms with Gasteiger partial charge in [0.05, 0.1) is 19.8 Å². The second kappa shape index (κ2) is 6.67. The lowest BCUT2D eigenvalue weighted by molar-refractivity contribution is 0.151. The number of methoxy groups -OCH3 is 2. The van der Waals surface area contributed by atoms with Crippen molar-refractivity contribution in [3.63, 3.8) is 0 Å². The van der Waals surface area contributed by atoms with E-state index in [2.05, 4.69) is 24.8 Å². The molecule has 0 saturated carbocycles. The Hall–Kier alpha value is -1.26. The molecule has 1 aromatic rings. The van der Waals surface area contributed by atoms with Gasteiger partial charge in [0.2, 0.25) is 0 Å². The van der Waals surface area contributed by atoms with E-state index in [-0.39, 0.29) is 0 Å². The Bertz CT molecular complexity index is 468. The van der Waals surface area contributed by atoms with Crippen LogP contribution in [0.5, 0.6) is 11.5 Å². The molecule has 0 aromatic heterocycles. The minimum absolute atomic E-state index is 0.345. The fourth-order valence-electron chi connectivity index (χ4n) is 3.48. The first-order valence-electron chi connectivity index (χ1n) is 7.80. The Kier molecular flexibility index (Phi) is 5.12. The van der Waals surface area contributed by atoms with Crippen molar-refractivity contribution in [2.24, 2.45) is 5.73 Å². The zero-order chi connectivity index (χ0) is 15.5. The average molecular weight is 292 g/mol. The first kappa shape index (κ1) is 16.1. The number of hydrogen-bond donors (Lipinski definition) is 1. The third-order valence-corrected chi connectivity index (χ3v) is 4.67. The molecule has 0 radical (unpaired) electrons. The van der Waals surface area contributed by atoms with Gasteiger partial charge < -0.3 is 15.2 Å². The molecule has 4 heteroatoms. The van der Waals surface area contributed by atoms with E-state index in [9.17, 15) is 0 Å². The van der Waals surface area contributed by atoms with Gasteiger partial charge in [-0.3, -0.25) is 4.90 Å². The normalized spacial score (nSPS) is 20.0. The van der Waals surface area contributed by atoms with Crippen molar-refractivity contribution in [1.82, 2.24) is 4.90 Å². The van der Waals surface area contributed by atoms with Gasteiger partial charge in [-0.15, -0.1) is 0 Å². The second-order valence-corrected chi connectivity index (χ2v) is 6.02. The molecule has 0 spiro atoms. The maximum absolute atomic E-state index is 6.75. The van der Waals surface area contributed by atoms with Crippen LogP contribution in [0.25, 0.3) is 0 Å². The minimum atomic E-state index is -0.404. The average Bonchev–Trinajstić information content (AvgIpc) is 3.00. The Labute approximate surface area is 128 Å². The summed E-state index contributed by atoms with van der Waals surface area (Å²) in [6.45, 7) is 6.65. The van der Waals surface area contributed by atoms with Crippen LogP contribution in [0.1, 0.15) is 38.7 Å². The van der Waals surface area contributed by atoms with Crippen molar-refractivity contribution < 1.29 is 9.47 Å². The highest BCUT2D eigenvalue weighted by molar-refractivity contribution is 5.45. The molecule has 0 bridgehead atoms. The van der Waals surface area contributed by atoms with Gasteiger partial charge in [-0.1, -0.05) is 13.0 Å². The standard InChI is InChI=1S/C17H28N2O2/c1-5-16(19-10-6-7-11-19)17(2,18)13-8-9-14(20-3)15(12-13)21-4/h8-9,12,16H,5-7,10-11,18H2,1-4H3. The molecule has 118 valence electrons. The monoisotopic (exact) mass is 292 g/mol. The van der Waals surface area contributed by atoms with Gasteiger partial charge in [-0.05, 0) is 57.0 Å². The molecule has 1 saturated heterocycles. The quantitative estimate of drug-likeness (QED) is 0.876. The van der Waals surface area contributed by atoms with Gasteiger partial charge in [-0.2, -0.15) is 0 Å². The molecule has 4 nitrogen and oxygen atoms in total. The van der Waals surface area contributed by atoms with E-state index in [4.69, 9.17) is 15.2 Å². The molecule has 0 amide bonds. The molecule has 1 heterocycles. The molecular formula is C17H28N2O2. The number of nitrogens with two attached hydrogens (primary N) is 1. The first-order chi connectivity index (χ1) is 10.0. The van der Waals surface area contributed by atoms with Gasteiger partial charge in [0.1, 0.15) is 0 Å². The first-order valence-corrected chi connectivity index (χ1v) is 7.80. The smallest absolute Gasteiger partial charge is 0.161 e. The van der Waals surface area contributed by atoms with Crippen molar-refractivity contribution in [1.29, 1.82) is 0 Å². The van der Waals surface area contributed by atoms with Gasteiger partial charge in [0.15, 0.2) is 11.5 Å². The van der Waals surface area contributed by atoms with Crippen LogP contribution in [-0.2, 0) is 5.54 Å². The molecular weight excluding hydrogens is 264 g/mol. The van der Waals surface area contributed by atoms with E-state index in [0.717, 1.165) is 36.6 Å². The van der Waals surface area contributed by atoms with E-state index in [1.165, 1.54) is 12.8 Å². The third-order valence-electron chi connectivity index (χ3n) is 4.67. The number of likely N-dealkylation sites (tertiary alicyclic amines) is 1. The number of hydrogen-bond acceptors (Lipinski definition) is 4. The number of ether oxygens (including phenoxy) is 2. The predicted octanol–water partition coefficient (Wildman–Crippen LogP) is 2.75. The summed E-state index contributed by atoms with van der Waals surface area (Å²) in [5, 5.41) is 0. The van der Waals surface area contributed by atoms with Crippen molar-refractivity contribution >= 4 is 0 Å². The van der Waals surface area contributed by atoms with Crippen molar-refractivity contribution in [3.05, 3.63) is 23.8 Å². The molecule has 2 atom stereocenters. The van der Waals surface area contributed by atoms with Crippen LogP contribution in [0.2, 0.25) is 0 Å². The van der Waals surface area contributed by atoms with Crippen LogP contribution >= 0.6 is 0 Å². The maximum Gasteiger partial charge on any atom is 0.161 e. The fraction of sp³-hybridized carbons (Fsp3) is 0.647. The van der Waals surface area contributed by atoms with E-state index in [1.54, 1.807) is 14.2 Å². The summed E-state index contributed by atoms with van der Waals surface area (Å²) >= 11 is 0. The number of rotatable bonds is 6. The van der Waals surface area contributed by atoms with Crippen molar-refractivity contribution in [2.45, 2.75) is 44.7 Å². The van der Waals surface area contributed by atoms with Crippen LogP contribution in [0, 0.1) is 0 Å². The highest BCUT2D eigenvalue weighted by atomic mass is 16.5. The second-order valence-electron chi connectivity index (χ2n) is 6.02. The molecule has 1 fully saturated rings. The van der Waals surface area contributed by atoms with E-state index in [1.807, 2.05) is 12.1 Å². The van der Waals surface area contributed by atoms with Crippen LogP contribution in [0.4, 0.5) is 0 Å². The minimum Gasteiger partial charge on any atom is -0.493 e. The summed E-state index contributed by atoms with van der Waals surface area (Å²) in [7, 11) is 3.31. The van der Waals surface area contributed by atoms with E-state index < -0.39 is 5.54 Å². The highest BCUT2D eigenvalue weighted by Crippen LogP contribution is 2.35. The van der Waals surface area contributed by atoms with Crippen LogP contribution in [-0.4, -0.2) is 38.3 Å². The molecule has 2 rings (SSSR count). The third kappa shape index (κ3) is 3.16. The molecule has 0 aliphatic carbocycles. The predicted molar refractivity (Wildman–Crippen MR) is 86.0 cm³/mol. The number of benzene rings is 1. The molecule has 2 N–H and O–H groups in total. The maximum atomic E-state index is 6.75. The Morgan fingerprint density at radius 3 is 2.33 bits per heavy atom. The van der Waals surface area contributed by atoms with Crippen LogP contribution < -0.4 is 15.2 Å². The lowest BCUT2D eigenvalue weighted by Gasteiger charge is -2.40. The molecule has 1 aromatic carbocycles. The fourth-order valence-corrected chi connectivity index (χ4v) is 3.48. The topological polar surface area (TPSA) is 47.7 Å². The van der Waals surface area contributed by atoms with Gasteiger partial charge >= 0.3 is 0 Å². The molecule has 1 aliphatic heterocycles.